The van der Waals surface area contributed by atoms with Crippen molar-refractivity contribution in [3.63, 3.8) is 0 Å². The number of rotatable bonds is 5. The van der Waals surface area contributed by atoms with Crippen molar-refractivity contribution in [3.05, 3.63) is 54.1 Å². The number of hydrogen-bond acceptors (Lipinski definition) is 2. The van der Waals surface area contributed by atoms with Crippen LogP contribution in [0.25, 0.3) is 11.1 Å². The summed E-state index contributed by atoms with van der Waals surface area (Å²) in [5, 5.41) is 8.66. The zero-order valence-corrected chi connectivity index (χ0v) is 10.6. The first kappa shape index (κ1) is 12.7. The van der Waals surface area contributed by atoms with Crippen LogP contribution in [-0.4, -0.2) is 11.9 Å². The van der Waals surface area contributed by atoms with E-state index < -0.39 is 0 Å². The van der Waals surface area contributed by atoms with Gasteiger partial charge in [-0.05, 0) is 35.2 Å². The molecule has 0 fully saturated rings. The van der Waals surface area contributed by atoms with Gasteiger partial charge in [0.2, 0.25) is 0 Å². The molecular formula is C16H18O2. The molecule has 0 spiro atoms. The summed E-state index contributed by atoms with van der Waals surface area (Å²) in [6.07, 6.45) is 2.30. The van der Waals surface area contributed by atoms with Crippen molar-refractivity contribution in [2.75, 3.05) is 6.79 Å². The fourth-order valence-electron chi connectivity index (χ4n) is 1.97. The highest BCUT2D eigenvalue weighted by molar-refractivity contribution is 5.64. The predicted molar refractivity (Wildman–Crippen MR) is 73.6 cm³/mol. The second-order valence-corrected chi connectivity index (χ2v) is 4.24. The molecule has 0 bridgehead atoms. The molecule has 0 aliphatic heterocycles. The molecule has 2 nitrogen and oxygen atoms in total. The first-order chi connectivity index (χ1) is 8.83. The van der Waals surface area contributed by atoms with Gasteiger partial charge < -0.3 is 9.84 Å². The smallest absolute Gasteiger partial charge is 0.186 e. The normalized spacial score (nSPS) is 10.3. The molecule has 2 aromatic rings. The van der Waals surface area contributed by atoms with Crippen LogP contribution in [0.5, 0.6) is 5.75 Å². The van der Waals surface area contributed by atoms with Crippen LogP contribution < -0.4 is 4.74 Å². The molecule has 2 rings (SSSR count). The third-order valence-electron chi connectivity index (χ3n) is 2.91. The Balaban J connectivity index is 2.15. The van der Waals surface area contributed by atoms with E-state index in [0.717, 1.165) is 12.0 Å². The van der Waals surface area contributed by atoms with Gasteiger partial charge in [0, 0.05) is 0 Å². The molecular weight excluding hydrogens is 224 g/mol. The van der Waals surface area contributed by atoms with Crippen molar-refractivity contribution in [1.82, 2.24) is 0 Å². The molecule has 2 aromatic carbocycles. The summed E-state index contributed by atoms with van der Waals surface area (Å²) in [7, 11) is 0. The lowest BCUT2D eigenvalue weighted by Gasteiger charge is -2.06. The van der Waals surface area contributed by atoms with E-state index in [0.29, 0.717) is 5.75 Å². The summed E-state index contributed by atoms with van der Waals surface area (Å²) >= 11 is 0. The van der Waals surface area contributed by atoms with E-state index in [-0.39, 0.29) is 6.79 Å². The number of aryl methyl sites for hydroxylation is 1. The van der Waals surface area contributed by atoms with E-state index >= 15 is 0 Å². The van der Waals surface area contributed by atoms with Gasteiger partial charge in [0.1, 0.15) is 5.75 Å². The molecule has 0 aliphatic carbocycles. The molecule has 0 unspecified atom stereocenters. The highest BCUT2D eigenvalue weighted by Crippen LogP contribution is 2.23. The standard InChI is InChI=1S/C16H18O2/c1-2-3-13-4-6-14(7-5-13)15-8-10-16(11-9-15)18-12-17/h4-11,17H,2-3,12H2,1H3. The molecule has 0 heterocycles. The van der Waals surface area contributed by atoms with Crippen LogP contribution in [0.1, 0.15) is 18.9 Å². The lowest BCUT2D eigenvalue weighted by Crippen LogP contribution is -1.93. The number of benzene rings is 2. The Bertz CT molecular complexity index is 424. The van der Waals surface area contributed by atoms with Gasteiger partial charge in [0.25, 0.3) is 0 Å². The van der Waals surface area contributed by atoms with Crippen molar-refractivity contribution >= 4 is 0 Å². The van der Waals surface area contributed by atoms with E-state index in [2.05, 4.69) is 31.2 Å². The Morgan fingerprint density at radius 2 is 1.44 bits per heavy atom. The van der Waals surface area contributed by atoms with Gasteiger partial charge in [-0.2, -0.15) is 0 Å². The molecule has 0 aliphatic rings. The van der Waals surface area contributed by atoms with Crippen LogP contribution >= 0.6 is 0 Å². The zero-order valence-electron chi connectivity index (χ0n) is 10.6. The molecule has 0 radical (unpaired) electrons. The second kappa shape index (κ2) is 6.22. The lowest BCUT2D eigenvalue weighted by molar-refractivity contribution is 0.0985. The van der Waals surface area contributed by atoms with Crippen molar-refractivity contribution in [2.24, 2.45) is 0 Å². The van der Waals surface area contributed by atoms with E-state index in [9.17, 15) is 0 Å². The first-order valence-electron chi connectivity index (χ1n) is 6.26. The van der Waals surface area contributed by atoms with Crippen LogP contribution in [0.4, 0.5) is 0 Å². The van der Waals surface area contributed by atoms with Gasteiger partial charge >= 0.3 is 0 Å². The van der Waals surface area contributed by atoms with Crippen molar-refractivity contribution in [1.29, 1.82) is 0 Å². The average molecular weight is 242 g/mol. The molecule has 0 amide bonds. The number of aliphatic hydroxyl groups excluding tert-OH is 1. The van der Waals surface area contributed by atoms with Gasteiger partial charge in [-0.15, -0.1) is 0 Å². The third-order valence-corrected chi connectivity index (χ3v) is 2.91. The monoisotopic (exact) mass is 242 g/mol. The van der Waals surface area contributed by atoms with Gasteiger partial charge in [-0.3, -0.25) is 0 Å². The van der Waals surface area contributed by atoms with Crippen LogP contribution in [0.3, 0.4) is 0 Å². The molecule has 0 saturated carbocycles. The molecule has 94 valence electrons. The fraction of sp³-hybridized carbons (Fsp3) is 0.250. The molecule has 1 N–H and O–H groups in total. The fourth-order valence-corrected chi connectivity index (χ4v) is 1.97. The third kappa shape index (κ3) is 3.11. The Hall–Kier alpha value is -1.80. The maximum Gasteiger partial charge on any atom is 0.186 e. The van der Waals surface area contributed by atoms with Gasteiger partial charge in [0.05, 0.1) is 0 Å². The molecule has 18 heavy (non-hydrogen) atoms. The Labute approximate surface area is 108 Å². The van der Waals surface area contributed by atoms with Crippen LogP contribution in [-0.2, 0) is 6.42 Å². The van der Waals surface area contributed by atoms with E-state index in [1.54, 1.807) is 0 Å². The summed E-state index contributed by atoms with van der Waals surface area (Å²) < 4.78 is 5.00. The molecule has 0 aromatic heterocycles. The minimum atomic E-state index is -0.287. The number of ether oxygens (including phenoxy) is 1. The second-order valence-electron chi connectivity index (χ2n) is 4.24. The summed E-state index contributed by atoms with van der Waals surface area (Å²) in [5.74, 6) is 0.684. The quantitative estimate of drug-likeness (QED) is 0.811. The van der Waals surface area contributed by atoms with E-state index in [4.69, 9.17) is 9.84 Å². The Morgan fingerprint density at radius 1 is 0.889 bits per heavy atom. The zero-order chi connectivity index (χ0) is 12.8. The minimum absolute atomic E-state index is 0.287. The maximum atomic E-state index is 8.66. The van der Waals surface area contributed by atoms with Gasteiger partial charge in [-0.1, -0.05) is 49.7 Å². The summed E-state index contributed by atoms with van der Waals surface area (Å²) in [6, 6.07) is 16.4. The number of aliphatic hydroxyl groups is 1. The first-order valence-corrected chi connectivity index (χ1v) is 6.26. The lowest BCUT2D eigenvalue weighted by atomic mass is 10.0. The number of hydrogen-bond donors (Lipinski definition) is 1. The largest absolute Gasteiger partial charge is 0.468 e. The Morgan fingerprint density at radius 3 is 1.94 bits per heavy atom. The van der Waals surface area contributed by atoms with E-state index in [1.807, 2.05) is 24.3 Å². The predicted octanol–water partition coefficient (Wildman–Crippen LogP) is 3.63. The molecule has 0 saturated heterocycles. The molecule has 0 atom stereocenters. The maximum absolute atomic E-state index is 8.66. The summed E-state index contributed by atoms with van der Waals surface area (Å²) in [5.41, 5.74) is 3.73. The SMILES string of the molecule is CCCc1ccc(-c2ccc(OCO)cc2)cc1. The van der Waals surface area contributed by atoms with Crippen molar-refractivity contribution in [2.45, 2.75) is 19.8 Å². The molecule has 2 heteroatoms. The highest BCUT2D eigenvalue weighted by Gasteiger charge is 1.99. The average Bonchev–Trinajstić information content (AvgIpc) is 2.41. The van der Waals surface area contributed by atoms with Crippen molar-refractivity contribution < 1.29 is 9.84 Å². The van der Waals surface area contributed by atoms with Crippen LogP contribution in [0, 0.1) is 0 Å². The Kier molecular flexibility index (Phi) is 4.37. The summed E-state index contributed by atoms with van der Waals surface area (Å²) in [4.78, 5) is 0. The van der Waals surface area contributed by atoms with E-state index in [1.165, 1.54) is 17.5 Å². The van der Waals surface area contributed by atoms with Crippen LogP contribution in [0.2, 0.25) is 0 Å². The van der Waals surface area contributed by atoms with Crippen LogP contribution in [0.15, 0.2) is 48.5 Å². The summed E-state index contributed by atoms with van der Waals surface area (Å²) in [6.45, 7) is 1.90. The van der Waals surface area contributed by atoms with Gasteiger partial charge in [-0.25, -0.2) is 0 Å². The highest BCUT2D eigenvalue weighted by atomic mass is 16.6. The minimum Gasteiger partial charge on any atom is -0.468 e. The van der Waals surface area contributed by atoms with Gasteiger partial charge in [0.15, 0.2) is 6.79 Å². The van der Waals surface area contributed by atoms with Crippen molar-refractivity contribution in [3.8, 4) is 16.9 Å². The topological polar surface area (TPSA) is 29.5 Å².